The molecule has 0 amide bonds. The normalized spacial score (nSPS) is 9.92. The topological polar surface area (TPSA) is 37.3 Å². The van der Waals surface area contributed by atoms with Crippen LogP contribution in [-0.2, 0) is 0 Å². The Balaban J connectivity index is 3.49. The molecule has 0 bridgehead atoms. The molecule has 0 atom stereocenters. The van der Waals surface area contributed by atoms with E-state index in [2.05, 4.69) is 15.9 Å². The summed E-state index contributed by atoms with van der Waals surface area (Å²) in [5, 5.41) is 9.49. The number of aryl methyl sites for hydroxylation is 1. The van der Waals surface area contributed by atoms with E-state index in [4.69, 9.17) is 0 Å². The van der Waals surface area contributed by atoms with Crippen LogP contribution in [0.25, 0.3) is 0 Å². The van der Waals surface area contributed by atoms with E-state index in [1.54, 1.807) is 13.0 Å². The van der Waals surface area contributed by atoms with Gasteiger partial charge < -0.3 is 5.11 Å². The van der Waals surface area contributed by atoms with Crippen molar-refractivity contribution in [2.45, 2.75) is 13.8 Å². The number of phenolic OH excluding ortho intramolecular Hbond substituents is 1. The van der Waals surface area contributed by atoms with Crippen molar-refractivity contribution in [1.29, 1.82) is 0 Å². The van der Waals surface area contributed by atoms with Crippen molar-refractivity contribution in [1.82, 2.24) is 0 Å². The van der Waals surface area contributed by atoms with E-state index < -0.39 is 0 Å². The van der Waals surface area contributed by atoms with Crippen LogP contribution in [0.3, 0.4) is 0 Å². The first-order valence-corrected chi connectivity index (χ1v) is 4.31. The third kappa shape index (κ3) is 1.37. The summed E-state index contributed by atoms with van der Waals surface area (Å²) in [5.74, 6) is 0.150. The molecule has 1 aromatic rings. The van der Waals surface area contributed by atoms with Crippen molar-refractivity contribution in [2.24, 2.45) is 0 Å². The Bertz CT molecular complexity index is 332. The summed E-state index contributed by atoms with van der Waals surface area (Å²) in [4.78, 5) is 10.5. The zero-order valence-electron chi connectivity index (χ0n) is 6.89. The van der Waals surface area contributed by atoms with Crippen LogP contribution in [0.2, 0.25) is 0 Å². The lowest BCUT2D eigenvalue weighted by Gasteiger charge is -2.06. The van der Waals surface area contributed by atoms with E-state index in [9.17, 15) is 9.90 Å². The Kier molecular flexibility index (Phi) is 2.52. The Morgan fingerprint density at radius 2 is 2.08 bits per heavy atom. The first-order chi connectivity index (χ1) is 5.57. The van der Waals surface area contributed by atoms with E-state index in [1.165, 1.54) is 0 Å². The van der Waals surface area contributed by atoms with E-state index in [0.29, 0.717) is 15.6 Å². The van der Waals surface area contributed by atoms with Crippen molar-refractivity contribution in [2.75, 3.05) is 0 Å². The summed E-state index contributed by atoms with van der Waals surface area (Å²) in [5.41, 5.74) is 2.01. The maximum absolute atomic E-state index is 10.5. The zero-order valence-corrected chi connectivity index (χ0v) is 8.47. The molecule has 2 nitrogen and oxygen atoms in total. The van der Waals surface area contributed by atoms with E-state index >= 15 is 0 Å². The highest BCUT2D eigenvalue weighted by Gasteiger charge is 2.09. The van der Waals surface area contributed by atoms with Gasteiger partial charge in [0.05, 0.1) is 4.47 Å². The molecule has 0 aliphatic rings. The number of carbonyl (C=O) groups excluding carboxylic acids is 1. The lowest BCUT2D eigenvalue weighted by molar-refractivity contribution is 0.112. The van der Waals surface area contributed by atoms with Crippen LogP contribution in [-0.4, -0.2) is 11.4 Å². The second-order valence-corrected chi connectivity index (χ2v) is 3.48. The molecule has 3 heteroatoms. The van der Waals surface area contributed by atoms with E-state index in [1.807, 2.05) is 6.92 Å². The van der Waals surface area contributed by atoms with Crippen LogP contribution in [0.1, 0.15) is 21.5 Å². The molecule has 0 aliphatic heterocycles. The quantitative estimate of drug-likeness (QED) is 0.751. The fourth-order valence-electron chi connectivity index (χ4n) is 1.02. The van der Waals surface area contributed by atoms with Gasteiger partial charge in [-0.1, -0.05) is 0 Å². The summed E-state index contributed by atoms with van der Waals surface area (Å²) in [7, 11) is 0. The van der Waals surface area contributed by atoms with Gasteiger partial charge in [0.2, 0.25) is 0 Å². The van der Waals surface area contributed by atoms with Gasteiger partial charge in [0.1, 0.15) is 12.0 Å². The molecule has 12 heavy (non-hydrogen) atoms. The average Bonchev–Trinajstić information content (AvgIpc) is 2.08. The summed E-state index contributed by atoms with van der Waals surface area (Å²) in [6.45, 7) is 3.54. The van der Waals surface area contributed by atoms with Gasteiger partial charge in [-0.2, -0.15) is 0 Å². The molecule has 0 spiro atoms. The minimum atomic E-state index is 0.150. The minimum absolute atomic E-state index is 0.150. The molecule has 1 aromatic carbocycles. The second-order valence-electron chi connectivity index (χ2n) is 2.69. The number of hydrogen-bond acceptors (Lipinski definition) is 2. The highest BCUT2D eigenvalue weighted by molar-refractivity contribution is 9.10. The predicted octanol–water partition coefficient (Wildman–Crippen LogP) is 2.58. The molecular weight excluding hydrogens is 220 g/mol. The summed E-state index contributed by atoms with van der Waals surface area (Å²) < 4.78 is 0.658. The minimum Gasteiger partial charge on any atom is -0.506 e. The van der Waals surface area contributed by atoms with Gasteiger partial charge in [0.15, 0.2) is 0 Å². The molecule has 0 aliphatic carbocycles. The summed E-state index contributed by atoms with van der Waals surface area (Å²) in [6, 6.07) is 1.74. The Hall–Kier alpha value is -0.830. The number of halogens is 1. The average molecular weight is 229 g/mol. The number of hydrogen-bond donors (Lipinski definition) is 1. The van der Waals surface area contributed by atoms with Gasteiger partial charge in [-0.05, 0) is 41.4 Å². The van der Waals surface area contributed by atoms with Crippen LogP contribution in [0.4, 0.5) is 0 Å². The van der Waals surface area contributed by atoms with Crippen LogP contribution in [0.15, 0.2) is 10.5 Å². The van der Waals surface area contributed by atoms with Gasteiger partial charge in [-0.25, -0.2) is 0 Å². The van der Waals surface area contributed by atoms with Crippen molar-refractivity contribution in [3.63, 3.8) is 0 Å². The molecule has 0 heterocycles. The van der Waals surface area contributed by atoms with Gasteiger partial charge >= 0.3 is 0 Å². The van der Waals surface area contributed by atoms with Crippen molar-refractivity contribution < 1.29 is 9.90 Å². The highest BCUT2D eigenvalue weighted by atomic mass is 79.9. The molecule has 0 radical (unpaired) electrons. The number of aromatic hydroxyl groups is 1. The number of carbonyl (C=O) groups is 1. The molecular formula is C9H9BrO2. The largest absolute Gasteiger partial charge is 0.506 e. The summed E-state index contributed by atoms with van der Waals surface area (Å²) >= 11 is 3.23. The molecule has 1 rings (SSSR count). The first kappa shape index (κ1) is 9.26. The lowest BCUT2D eigenvalue weighted by Crippen LogP contribution is -1.90. The molecule has 0 saturated heterocycles. The van der Waals surface area contributed by atoms with Gasteiger partial charge in [0.25, 0.3) is 0 Å². The molecule has 1 N–H and O–H groups in total. The van der Waals surface area contributed by atoms with E-state index in [0.717, 1.165) is 11.8 Å². The third-order valence-electron chi connectivity index (χ3n) is 1.84. The number of rotatable bonds is 1. The maximum Gasteiger partial charge on any atom is 0.150 e. The third-order valence-corrected chi connectivity index (χ3v) is 2.84. The predicted molar refractivity (Wildman–Crippen MR) is 50.7 cm³/mol. The standard InChI is InChI=1S/C9H9BrO2/c1-5-3-7(4-11)6(2)9(12)8(5)10/h3-4,12H,1-2H3. The van der Waals surface area contributed by atoms with Crippen molar-refractivity contribution in [3.8, 4) is 5.75 Å². The molecule has 0 fully saturated rings. The van der Waals surface area contributed by atoms with Crippen molar-refractivity contribution >= 4 is 22.2 Å². The Labute approximate surface area is 79.3 Å². The van der Waals surface area contributed by atoms with Crippen LogP contribution in [0, 0.1) is 13.8 Å². The van der Waals surface area contributed by atoms with Gasteiger partial charge in [0, 0.05) is 11.1 Å². The smallest absolute Gasteiger partial charge is 0.150 e. The monoisotopic (exact) mass is 228 g/mol. The van der Waals surface area contributed by atoms with Crippen LogP contribution >= 0.6 is 15.9 Å². The van der Waals surface area contributed by atoms with Gasteiger partial charge in [-0.3, -0.25) is 4.79 Å². The Morgan fingerprint density at radius 1 is 1.50 bits per heavy atom. The fraction of sp³-hybridized carbons (Fsp3) is 0.222. The number of aldehydes is 1. The number of benzene rings is 1. The molecule has 64 valence electrons. The highest BCUT2D eigenvalue weighted by Crippen LogP contribution is 2.32. The van der Waals surface area contributed by atoms with Crippen LogP contribution in [0.5, 0.6) is 5.75 Å². The fourth-order valence-corrected chi connectivity index (χ4v) is 1.43. The van der Waals surface area contributed by atoms with E-state index in [-0.39, 0.29) is 5.75 Å². The summed E-state index contributed by atoms with van der Waals surface area (Å²) in [6.07, 6.45) is 0.745. The lowest BCUT2D eigenvalue weighted by atomic mass is 10.1. The number of phenols is 1. The molecule has 0 unspecified atom stereocenters. The maximum atomic E-state index is 10.5. The Morgan fingerprint density at radius 3 is 2.58 bits per heavy atom. The zero-order chi connectivity index (χ0) is 9.30. The molecule has 0 saturated carbocycles. The van der Waals surface area contributed by atoms with Crippen LogP contribution < -0.4 is 0 Å². The van der Waals surface area contributed by atoms with Gasteiger partial charge in [-0.15, -0.1) is 0 Å². The van der Waals surface area contributed by atoms with Crippen molar-refractivity contribution in [3.05, 3.63) is 27.2 Å². The SMILES string of the molecule is Cc1cc(C=O)c(C)c(O)c1Br. The first-order valence-electron chi connectivity index (χ1n) is 3.51. The second kappa shape index (κ2) is 3.27. The molecule has 0 aromatic heterocycles.